The second-order valence-corrected chi connectivity index (χ2v) is 4.80. The fraction of sp³-hybridized carbons (Fsp3) is 0.538. The molecule has 0 aromatic heterocycles. The zero-order chi connectivity index (χ0) is 10.6. The summed E-state index contributed by atoms with van der Waals surface area (Å²) < 4.78 is 5.79. The van der Waals surface area contributed by atoms with Crippen molar-refractivity contribution in [3.05, 3.63) is 35.9 Å². The van der Waals surface area contributed by atoms with Crippen LogP contribution in [0, 0.1) is 5.41 Å². The van der Waals surface area contributed by atoms with Gasteiger partial charge >= 0.3 is 0 Å². The minimum atomic E-state index is 0.217. The van der Waals surface area contributed by atoms with Gasteiger partial charge in [0.15, 0.2) is 0 Å². The van der Waals surface area contributed by atoms with E-state index in [9.17, 15) is 0 Å². The third-order valence-electron chi connectivity index (χ3n) is 2.56. The molecule has 0 N–H and O–H groups in total. The Morgan fingerprint density at radius 1 is 1.14 bits per heavy atom. The van der Waals surface area contributed by atoms with Gasteiger partial charge in [0, 0.05) is 0 Å². The zero-order valence-electron chi connectivity index (χ0n) is 9.58. The fourth-order valence-electron chi connectivity index (χ4n) is 1.05. The van der Waals surface area contributed by atoms with Crippen LogP contribution in [0.25, 0.3) is 0 Å². The van der Waals surface area contributed by atoms with E-state index >= 15 is 0 Å². The van der Waals surface area contributed by atoms with Crippen LogP contribution >= 0.6 is 0 Å². The summed E-state index contributed by atoms with van der Waals surface area (Å²) >= 11 is 0. The second-order valence-electron chi connectivity index (χ2n) is 4.80. The smallest absolute Gasteiger partial charge is 0.0720 e. The number of benzene rings is 1. The molecular weight excluding hydrogens is 172 g/mol. The summed E-state index contributed by atoms with van der Waals surface area (Å²) in [5.41, 5.74) is 1.46. The molecule has 0 saturated carbocycles. The van der Waals surface area contributed by atoms with Gasteiger partial charge in [0.25, 0.3) is 0 Å². The standard InChI is InChI=1S/C13H20O/c1-11(13(2,3)4)14-10-12-8-6-5-7-9-12/h5-9,11H,10H2,1-4H3/t11-/m0/s1. The van der Waals surface area contributed by atoms with Gasteiger partial charge in [-0.3, -0.25) is 0 Å². The first kappa shape index (κ1) is 11.3. The van der Waals surface area contributed by atoms with E-state index in [1.807, 2.05) is 18.2 Å². The first-order valence-electron chi connectivity index (χ1n) is 5.15. The van der Waals surface area contributed by atoms with E-state index in [4.69, 9.17) is 4.74 Å². The van der Waals surface area contributed by atoms with E-state index in [-0.39, 0.29) is 11.5 Å². The topological polar surface area (TPSA) is 9.23 Å². The molecule has 1 atom stereocenters. The summed E-state index contributed by atoms with van der Waals surface area (Å²) in [4.78, 5) is 0. The third-order valence-corrected chi connectivity index (χ3v) is 2.56. The summed E-state index contributed by atoms with van der Waals surface area (Å²) in [5, 5.41) is 0. The van der Waals surface area contributed by atoms with Crippen molar-refractivity contribution in [1.29, 1.82) is 0 Å². The lowest BCUT2D eigenvalue weighted by Gasteiger charge is -2.27. The van der Waals surface area contributed by atoms with Gasteiger partial charge in [-0.15, -0.1) is 0 Å². The molecule has 0 aliphatic heterocycles. The lowest BCUT2D eigenvalue weighted by molar-refractivity contribution is -0.0153. The molecule has 0 bridgehead atoms. The zero-order valence-corrected chi connectivity index (χ0v) is 9.58. The van der Waals surface area contributed by atoms with Crippen molar-refractivity contribution in [2.45, 2.75) is 40.4 Å². The van der Waals surface area contributed by atoms with Crippen LogP contribution in [0.3, 0.4) is 0 Å². The molecule has 0 unspecified atom stereocenters. The van der Waals surface area contributed by atoms with Crippen LogP contribution in [-0.2, 0) is 11.3 Å². The Morgan fingerprint density at radius 2 is 1.71 bits per heavy atom. The van der Waals surface area contributed by atoms with Gasteiger partial charge in [-0.1, -0.05) is 51.1 Å². The van der Waals surface area contributed by atoms with E-state index in [1.165, 1.54) is 5.56 Å². The first-order chi connectivity index (χ1) is 6.50. The van der Waals surface area contributed by atoms with E-state index in [0.29, 0.717) is 6.61 Å². The molecule has 0 amide bonds. The van der Waals surface area contributed by atoms with Crippen molar-refractivity contribution >= 4 is 0 Å². The summed E-state index contributed by atoms with van der Waals surface area (Å²) in [7, 11) is 0. The SMILES string of the molecule is C[C@H](OCc1ccccc1)C(C)(C)C. The van der Waals surface area contributed by atoms with Crippen LogP contribution in [-0.4, -0.2) is 6.10 Å². The number of rotatable bonds is 3. The van der Waals surface area contributed by atoms with Gasteiger partial charge in [0.2, 0.25) is 0 Å². The summed E-state index contributed by atoms with van der Waals surface area (Å²) in [6, 6.07) is 10.3. The highest BCUT2D eigenvalue weighted by Crippen LogP contribution is 2.22. The maximum Gasteiger partial charge on any atom is 0.0720 e. The van der Waals surface area contributed by atoms with Gasteiger partial charge in [0.05, 0.1) is 12.7 Å². The van der Waals surface area contributed by atoms with E-state index < -0.39 is 0 Å². The van der Waals surface area contributed by atoms with Gasteiger partial charge in [-0.2, -0.15) is 0 Å². The van der Waals surface area contributed by atoms with Gasteiger partial charge in [0.1, 0.15) is 0 Å². The van der Waals surface area contributed by atoms with Crippen LogP contribution in [0.15, 0.2) is 30.3 Å². The maximum absolute atomic E-state index is 5.79. The molecule has 0 radical (unpaired) electrons. The van der Waals surface area contributed by atoms with Crippen LogP contribution in [0.1, 0.15) is 33.3 Å². The third kappa shape index (κ3) is 3.51. The molecule has 1 aromatic rings. The largest absolute Gasteiger partial charge is 0.373 e. The Bertz CT molecular complexity index is 258. The number of hydrogen-bond donors (Lipinski definition) is 0. The van der Waals surface area contributed by atoms with Crippen molar-refractivity contribution < 1.29 is 4.74 Å². The molecule has 0 aliphatic carbocycles. The number of ether oxygens (including phenoxy) is 1. The summed E-state index contributed by atoms with van der Waals surface area (Å²) in [6.07, 6.45) is 0.280. The normalized spacial score (nSPS) is 14.0. The summed E-state index contributed by atoms with van der Waals surface area (Å²) in [6.45, 7) is 9.43. The molecule has 0 fully saturated rings. The van der Waals surface area contributed by atoms with Crippen LogP contribution in [0.5, 0.6) is 0 Å². The molecule has 14 heavy (non-hydrogen) atoms. The van der Waals surface area contributed by atoms with Crippen molar-refractivity contribution in [2.24, 2.45) is 5.41 Å². The average molecular weight is 192 g/mol. The van der Waals surface area contributed by atoms with Crippen molar-refractivity contribution in [3.63, 3.8) is 0 Å². The maximum atomic E-state index is 5.79. The Balaban J connectivity index is 2.42. The van der Waals surface area contributed by atoms with E-state index in [1.54, 1.807) is 0 Å². The molecule has 0 saturated heterocycles. The lowest BCUT2D eigenvalue weighted by atomic mass is 9.90. The Morgan fingerprint density at radius 3 is 2.21 bits per heavy atom. The highest BCUT2D eigenvalue weighted by atomic mass is 16.5. The molecule has 1 nitrogen and oxygen atoms in total. The van der Waals surface area contributed by atoms with Crippen LogP contribution < -0.4 is 0 Å². The fourth-order valence-corrected chi connectivity index (χ4v) is 1.05. The number of hydrogen-bond acceptors (Lipinski definition) is 1. The summed E-state index contributed by atoms with van der Waals surface area (Å²) in [5.74, 6) is 0. The minimum absolute atomic E-state index is 0.217. The minimum Gasteiger partial charge on any atom is -0.373 e. The molecule has 0 aliphatic rings. The Labute approximate surface area is 87.1 Å². The lowest BCUT2D eigenvalue weighted by Crippen LogP contribution is -2.25. The van der Waals surface area contributed by atoms with Crippen LogP contribution in [0.2, 0.25) is 0 Å². The monoisotopic (exact) mass is 192 g/mol. The second kappa shape index (κ2) is 4.61. The van der Waals surface area contributed by atoms with Gasteiger partial charge in [-0.25, -0.2) is 0 Å². The Kier molecular flexibility index (Phi) is 3.70. The first-order valence-corrected chi connectivity index (χ1v) is 5.15. The highest BCUT2D eigenvalue weighted by Gasteiger charge is 2.20. The Hall–Kier alpha value is -0.820. The van der Waals surface area contributed by atoms with Crippen LogP contribution in [0.4, 0.5) is 0 Å². The van der Waals surface area contributed by atoms with Gasteiger partial charge in [-0.05, 0) is 17.9 Å². The molecule has 1 rings (SSSR count). The molecule has 1 aromatic carbocycles. The van der Waals surface area contributed by atoms with Crippen molar-refractivity contribution in [2.75, 3.05) is 0 Å². The molecular formula is C13H20O. The molecule has 0 spiro atoms. The molecule has 0 heterocycles. The average Bonchev–Trinajstić information content (AvgIpc) is 2.14. The predicted octanol–water partition coefficient (Wildman–Crippen LogP) is 3.64. The van der Waals surface area contributed by atoms with Crippen molar-refractivity contribution in [1.82, 2.24) is 0 Å². The van der Waals surface area contributed by atoms with E-state index in [2.05, 4.69) is 39.8 Å². The van der Waals surface area contributed by atoms with Gasteiger partial charge < -0.3 is 4.74 Å². The highest BCUT2D eigenvalue weighted by molar-refractivity contribution is 5.13. The predicted molar refractivity (Wildman–Crippen MR) is 60.1 cm³/mol. The molecule has 78 valence electrons. The quantitative estimate of drug-likeness (QED) is 0.710. The molecule has 1 heteroatoms. The van der Waals surface area contributed by atoms with Crippen molar-refractivity contribution in [3.8, 4) is 0 Å². The van der Waals surface area contributed by atoms with E-state index in [0.717, 1.165) is 0 Å².